The summed E-state index contributed by atoms with van der Waals surface area (Å²) in [5.74, 6) is 0.620. The first-order valence-corrected chi connectivity index (χ1v) is 11.1. The second-order valence-electron chi connectivity index (χ2n) is 8.38. The summed E-state index contributed by atoms with van der Waals surface area (Å²) in [6.45, 7) is 7.16. The Morgan fingerprint density at radius 3 is 2.64 bits per heavy atom. The largest absolute Gasteiger partial charge is 0.456 e. The van der Waals surface area contributed by atoms with E-state index in [0.717, 1.165) is 66.3 Å². The van der Waals surface area contributed by atoms with E-state index >= 15 is 0 Å². The molecule has 33 heavy (non-hydrogen) atoms. The Morgan fingerprint density at radius 2 is 1.82 bits per heavy atom. The molecule has 0 bridgehead atoms. The van der Waals surface area contributed by atoms with Gasteiger partial charge in [0.05, 0.1) is 5.69 Å². The van der Waals surface area contributed by atoms with E-state index in [-0.39, 0.29) is 18.3 Å². The molecule has 0 unspecified atom stereocenters. The third kappa shape index (κ3) is 5.28. The van der Waals surface area contributed by atoms with Gasteiger partial charge < -0.3 is 15.1 Å². The van der Waals surface area contributed by atoms with Crippen molar-refractivity contribution in [3.05, 3.63) is 89.5 Å². The van der Waals surface area contributed by atoms with Crippen molar-refractivity contribution in [2.24, 2.45) is 0 Å². The molecular weight excluding hydrogens is 434 g/mol. The Bertz CT molecular complexity index is 1260. The number of hydrogen-bond acceptors (Lipinski definition) is 4. The average molecular weight is 462 g/mol. The molecule has 1 aliphatic heterocycles. The molecule has 2 N–H and O–H groups in total. The molecule has 1 amide bonds. The van der Waals surface area contributed by atoms with Gasteiger partial charge in [0.25, 0.3) is 5.91 Å². The molecule has 1 aliphatic rings. The van der Waals surface area contributed by atoms with Crippen LogP contribution in [0, 0.1) is 6.92 Å². The molecule has 0 atom stereocenters. The predicted molar refractivity (Wildman–Crippen MR) is 136 cm³/mol. The fraction of sp³-hybridized carbons (Fsp3) is 0.222. The second-order valence-corrected chi connectivity index (χ2v) is 8.38. The number of nitrogens with one attached hydrogen (secondary N) is 2. The van der Waals surface area contributed by atoms with Crippen molar-refractivity contribution in [2.75, 3.05) is 31.5 Å². The van der Waals surface area contributed by atoms with Gasteiger partial charge >= 0.3 is 0 Å². The molecule has 0 spiro atoms. The van der Waals surface area contributed by atoms with E-state index in [0.29, 0.717) is 5.56 Å². The highest BCUT2D eigenvalue weighted by Crippen LogP contribution is 2.33. The van der Waals surface area contributed by atoms with E-state index in [2.05, 4.69) is 33.7 Å². The summed E-state index contributed by atoms with van der Waals surface area (Å²) in [4.78, 5) is 15.3. The number of piperazine rings is 1. The number of carbonyl (C=O) groups excluding carboxylic acids is 1. The molecule has 2 heterocycles. The first-order valence-electron chi connectivity index (χ1n) is 11.1. The van der Waals surface area contributed by atoms with Gasteiger partial charge in [-0.2, -0.15) is 0 Å². The number of rotatable bonds is 5. The normalized spacial score (nSPS) is 14.1. The topological polar surface area (TPSA) is 57.5 Å². The lowest BCUT2D eigenvalue weighted by molar-refractivity contribution is 0.102. The summed E-state index contributed by atoms with van der Waals surface area (Å²) in [6.07, 6.45) is 0. The monoisotopic (exact) mass is 461 g/mol. The Balaban J connectivity index is 0.00000259. The molecule has 170 valence electrons. The summed E-state index contributed by atoms with van der Waals surface area (Å²) in [5, 5.41) is 7.52. The van der Waals surface area contributed by atoms with Crippen LogP contribution in [0.15, 0.2) is 77.2 Å². The summed E-state index contributed by atoms with van der Waals surface area (Å²) in [5.41, 5.74) is 5.44. The molecule has 1 fully saturated rings. The van der Waals surface area contributed by atoms with Crippen molar-refractivity contribution in [1.29, 1.82) is 0 Å². The van der Waals surface area contributed by atoms with Gasteiger partial charge in [-0.1, -0.05) is 35.9 Å². The van der Waals surface area contributed by atoms with Gasteiger partial charge in [-0.15, -0.1) is 12.4 Å². The fourth-order valence-corrected chi connectivity index (χ4v) is 4.24. The number of furan rings is 1. The number of para-hydroxylation sites is 1. The van der Waals surface area contributed by atoms with E-state index in [1.165, 1.54) is 5.56 Å². The number of carbonyl (C=O) groups is 1. The number of fused-ring (bicyclic) bond motifs is 1. The highest BCUT2D eigenvalue weighted by Gasteiger charge is 2.15. The number of nitrogens with zero attached hydrogens (tertiary/aromatic N) is 1. The Labute approximate surface area is 200 Å². The zero-order valence-electron chi connectivity index (χ0n) is 18.6. The van der Waals surface area contributed by atoms with Crippen LogP contribution in [0.2, 0.25) is 0 Å². The SMILES string of the molecule is Cc1cccc(C(=O)Nc2ccccc2-c2cc3cc(CN4CCNCC4)ccc3o2)c1.Cl. The number of benzene rings is 3. The van der Waals surface area contributed by atoms with Crippen molar-refractivity contribution in [1.82, 2.24) is 10.2 Å². The van der Waals surface area contributed by atoms with Crippen LogP contribution in [0.4, 0.5) is 5.69 Å². The van der Waals surface area contributed by atoms with Crippen molar-refractivity contribution in [3.63, 3.8) is 0 Å². The van der Waals surface area contributed by atoms with Gasteiger partial charge in [0, 0.05) is 49.2 Å². The van der Waals surface area contributed by atoms with Gasteiger partial charge in [-0.05, 0) is 55.0 Å². The number of amides is 1. The third-order valence-corrected chi connectivity index (χ3v) is 5.92. The Morgan fingerprint density at radius 1 is 1.00 bits per heavy atom. The van der Waals surface area contributed by atoms with Gasteiger partial charge in [0.15, 0.2) is 0 Å². The highest BCUT2D eigenvalue weighted by atomic mass is 35.5. The number of anilines is 1. The fourth-order valence-electron chi connectivity index (χ4n) is 4.24. The van der Waals surface area contributed by atoms with Crippen molar-refractivity contribution in [3.8, 4) is 11.3 Å². The molecule has 5 nitrogen and oxygen atoms in total. The maximum Gasteiger partial charge on any atom is 0.255 e. The summed E-state index contributed by atoms with van der Waals surface area (Å²) in [7, 11) is 0. The number of aryl methyl sites for hydroxylation is 1. The molecule has 0 radical (unpaired) electrons. The zero-order chi connectivity index (χ0) is 21.9. The zero-order valence-corrected chi connectivity index (χ0v) is 19.5. The minimum Gasteiger partial charge on any atom is -0.456 e. The highest BCUT2D eigenvalue weighted by molar-refractivity contribution is 6.06. The first-order chi connectivity index (χ1) is 15.7. The van der Waals surface area contributed by atoms with E-state index in [9.17, 15) is 4.79 Å². The van der Waals surface area contributed by atoms with Crippen LogP contribution in [0.3, 0.4) is 0 Å². The molecule has 0 aliphatic carbocycles. The molecule has 3 aromatic carbocycles. The Kier molecular flexibility index (Phi) is 7.14. The maximum absolute atomic E-state index is 12.8. The molecule has 0 saturated carbocycles. The van der Waals surface area contributed by atoms with Crippen molar-refractivity contribution < 1.29 is 9.21 Å². The number of hydrogen-bond donors (Lipinski definition) is 2. The smallest absolute Gasteiger partial charge is 0.255 e. The van der Waals surface area contributed by atoms with Crippen molar-refractivity contribution in [2.45, 2.75) is 13.5 Å². The molecule has 5 rings (SSSR count). The lowest BCUT2D eigenvalue weighted by Gasteiger charge is -2.27. The van der Waals surface area contributed by atoms with Crippen LogP contribution in [0.1, 0.15) is 21.5 Å². The number of halogens is 1. The summed E-state index contributed by atoms with van der Waals surface area (Å²) < 4.78 is 6.17. The van der Waals surface area contributed by atoms with Crippen LogP contribution >= 0.6 is 12.4 Å². The average Bonchev–Trinajstić information content (AvgIpc) is 3.23. The summed E-state index contributed by atoms with van der Waals surface area (Å²) >= 11 is 0. The van der Waals surface area contributed by atoms with Crippen LogP contribution < -0.4 is 10.6 Å². The lowest BCUT2D eigenvalue weighted by atomic mass is 10.1. The van der Waals surface area contributed by atoms with E-state index in [1.807, 2.05) is 61.5 Å². The van der Waals surface area contributed by atoms with Crippen molar-refractivity contribution >= 4 is 35.0 Å². The van der Waals surface area contributed by atoms with Gasteiger partial charge in [0.2, 0.25) is 0 Å². The summed E-state index contributed by atoms with van der Waals surface area (Å²) in [6, 6.07) is 23.8. The molecule has 1 aromatic heterocycles. The standard InChI is InChI=1S/C27H27N3O2.ClH/c1-19-5-4-6-21(15-19)27(31)29-24-8-3-2-7-23(24)26-17-22-16-20(9-10-25(22)32-26)18-30-13-11-28-12-14-30;/h2-10,15-17,28H,11-14,18H2,1H3,(H,29,31);1H. The van der Waals surface area contributed by atoms with E-state index in [1.54, 1.807) is 0 Å². The van der Waals surface area contributed by atoms with Crippen LogP contribution in [-0.2, 0) is 6.54 Å². The quantitative estimate of drug-likeness (QED) is 0.412. The van der Waals surface area contributed by atoms with Crippen LogP contribution in [-0.4, -0.2) is 37.0 Å². The van der Waals surface area contributed by atoms with E-state index in [4.69, 9.17) is 4.42 Å². The van der Waals surface area contributed by atoms with Crippen LogP contribution in [0.25, 0.3) is 22.3 Å². The molecule has 6 heteroatoms. The van der Waals surface area contributed by atoms with Gasteiger partial charge in [0.1, 0.15) is 11.3 Å². The third-order valence-electron chi connectivity index (χ3n) is 5.92. The molecular formula is C27H28ClN3O2. The predicted octanol–water partition coefficient (Wildman–Crippen LogP) is 5.49. The first kappa shape index (κ1) is 23.1. The lowest BCUT2D eigenvalue weighted by Crippen LogP contribution is -2.42. The second kappa shape index (κ2) is 10.2. The minimum absolute atomic E-state index is 0. The van der Waals surface area contributed by atoms with Gasteiger partial charge in [-0.3, -0.25) is 9.69 Å². The van der Waals surface area contributed by atoms with Crippen LogP contribution in [0.5, 0.6) is 0 Å². The minimum atomic E-state index is -0.129. The maximum atomic E-state index is 12.8. The van der Waals surface area contributed by atoms with Gasteiger partial charge in [-0.25, -0.2) is 0 Å². The molecule has 1 saturated heterocycles. The molecule has 4 aromatic rings. The van der Waals surface area contributed by atoms with E-state index < -0.39 is 0 Å². The Hall–Kier alpha value is -3.12.